The van der Waals surface area contributed by atoms with E-state index in [1.165, 1.54) is 37.1 Å². The Hall–Kier alpha value is -1.38. The standard InChI is InChI=1S/C14H20N2O/c1-17-12-6-7-14-13(10-12)15-8-9-16(14)11-4-2-3-5-11/h6-7,10-11,15H,2-5,8-9H2,1H3. The van der Waals surface area contributed by atoms with E-state index in [9.17, 15) is 0 Å². The second-order valence-corrected chi connectivity index (χ2v) is 4.94. The molecular weight excluding hydrogens is 212 g/mol. The van der Waals surface area contributed by atoms with Gasteiger partial charge in [-0.2, -0.15) is 0 Å². The van der Waals surface area contributed by atoms with Crippen LogP contribution in [0.2, 0.25) is 0 Å². The van der Waals surface area contributed by atoms with Crippen molar-refractivity contribution in [1.82, 2.24) is 0 Å². The van der Waals surface area contributed by atoms with Crippen LogP contribution in [0.15, 0.2) is 18.2 Å². The van der Waals surface area contributed by atoms with Gasteiger partial charge in [-0.05, 0) is 25.0 Å². The van der Waals surface area contributed by atoms with Gasteiger partial charge < -0.3 is 15.0 Å². The summed E-state index contributed by atoms with van der Waals surface area (Å²) in [5, 5.41) is 3.47. The third kappa shape index (κ3) is 1.94. The minimum Gasteiger partial charge on any atom is -0.497 e. The fourth-order valence-corrected chi connectivity index (χ4v) is 3.06. The first-order chi connectivity index (χ1) is 8.38. The van der Waals surface area contributed by atoms with E-state index in [4.69, 9.17) is 4.74 Å². The third-order valence-corrected chi connectivity index (χ3v) is 3.95. The Kier molecular flexibility index (Phi) is 2.83. The molecule has 0 atom stereocenters. The van der Waals surface area contributed by atoms with Crippen LogP contribution in [0.25, 0.3) is 0 Å². The summed E-state index contributed by atoms with van der Waals surface area (Å²) in [6.45, 7) is 2.17. The molecule has 92 valence electrons. The molecule has 1 aliphatic heterocycles. The summed E-state index contributed by atoms with van der Waals surface area (Å²) in [6, 6.07) is 7.12. The first-order valence-electron chi connectivity index (χ1n) is 6.57. The number of nitrogens with zero attached hydrogens (tertiary/aromatic N) is 1. The van der Waals surface area contributed by atoms with E-state index in [1.54, 1.807) is 7.11 Å². The number of anilines is 2. The molecule has 0 unspecified atom stereocenters. The molecule has 0 amide bonds. The van der Waals surface area contributed by atoms with Gasteiger partial charge >= 0.3 is 0 Å². The zero-order valence-corrected chi connectivity index (χ0v) is 10.4. The molecule has 0 radical (unpaired) electrons. The number of fused-ring (bicyclic) bond motifs is 1. The van der Waals surface area contributed by atoms with Gasteiger partial charge in [0.2, 0.25) is 0 Å². The molecule has 0 bridgehead atoms. The molecule has 1 aromatic carbocycles. The average Bonchev–Trinajstić information content (AvgIpc) is 2.91. The van der Waals surface area contributed by atoms with Gasteiger partial charge in [-0.3, -0.25) is 0 Å². The van der Waals surface area contributed by atoms with Gasteiger partial charge in [0.25, 0.3) is 0 Å². The largest absolute Gasteiger partial charge is 0.497 e. The SMILES string of the molecule is COc1ccc2c(c1)NCCN2C1CCCC1. The summed E-state index contributed by atoms with van der Waals surface area (Å²) < 4.78 is 5.28. The number of nitrogens with one attached hydrogen (secondary N) is 1. The van der Waals surface area contributed by atoms with Crippen LogP contribution in [0.4, 0.5) is 11.4 Å². The van der Waals surface area contributed by atoms with E-state index in [0.717, 1.165) is 24.9 Å². The molecule has 3 nitrogen and oxygen atoms in total. The lowest BCUT2D eigenvalue weighted by Gasteiger charge is -2.36. The van der Waals surface area contributed by atoms with Gasteiger partial charge in [-0.15, -0.1) is 0 Å². The minimum absolute atomic E-state index is 0.754. The van der Waals surface area contributed by atoms with Gasteiger partial charge in [0.1, 0.15) is 5.75 Å². The van der Waals surface area contributed by atoms with E-state index in [1.807, 2.05) is 0 Å². The summed E-state index contributed by atoms with van der Waals surface area (Å²) in [5.41, 5.74) is 2.58. The molecule has 1 N–H and O–H groups in total. The van der Waals surface area contributed by atoms with Gasteiger partial charge in [0.15, 0.2) is 0 Å². The van der Waals surface area contributed by atoms with E-state index in [2.05, 4.69) is 28.4 Å². The van der Waals surface area contributed by atoms with Crippen molar-refractivity contribution < 1.29 is 4.74 Å². The van der Waals surface area contributed by atoms with Crippen LogP contribution in [0.3, 0.4) is 0 Å². The van der Waals surface area contributed by atoms with Crippen LogP contribution in [0, 0.1) is 0 Å². The molecular formula is C14H20N2O. The van der Waals surface area contributed by atoms with Crippen LogP contribution >= 0.6 is 0 Å². The molecule has 0 spiro atoms. The number of methoxy groups -OCH3 is 1. The number of ether oxygens (including phenoxy) is 1. The normalized spacial score (nSPS) is 19.9. The molecule has 1 saturated carbocycles. The van der Waals surface area contributed by atoms with E-state index < -0.39 is 0 Å². The maximum absolute atomic E-state index is 5.28. The van der Waals surface area contributed by atoms with Crippen molar-refractivity contribution in [3.05, 3.63) is 18.2 Å². The Balaban J connectivity index is 1.90. The molecule has 1 fully saturated rings. The molecule has 1 aliphatic carbocycles. The minimum atomic E-state index is 0.754. The monoisotopic (exact) mass is 232 g/mol. The summed E-state index contributed by atoms with van der Waals surface area (Å²) in [6.07, 6.45) is 5.48. The quantitative estimate of drug-likeness (QED) is 0.848. The number of hydrogen-bond donors (Lipinski definition) is 1. The average molecular weight is 232 g/mol. The molecule has 3 rings (SSSR count). The molecule has 2 aliphatic rings. The zero-order chi connectivity index (χ0) is 11.7. The first kappa shape index (κ1) is 10.8. The topological polar surface area (TPSA) is 24.5 Å². The zero-order valence-electron chi connectivity index (χ0n) is 10.4. The predicted octanol–water partition coefficient (Wildman–Crippen LogP) is 2.87. The highest BCUT2D eigenvalue weighted by molar-refractivity contribution is 5.74. The highest BCUT2D eigenvalue weighted by Crippen LogP contribution is 2.37. The van der Waals surface area contributed by atoms with Crippen molar-refractivity contribution in [2.24, 2.45) is 0 Å². The Morgan fingerprint density at radius 1 is 1.29 bits per heavy atom. The van der Waals surface area contributed by atoms with Crippen molar-refractivity contribution in [2.45, 2.75) is 31.7 Å². The Morgan fingerprint density at radius 3 is 2.88 bits per heavy atom. The van der Waals surface area contributed by atoms with Crippen molar-refractivity contribution in [2.75, 3.05) is 30.4 Å². The lowest BCUT2D eigenvalue weighted by Crippen LogP contribution is -2.40. The molecule has 0 aromatic heterocycles. The van der Waals surface area contributed by atoms with Crippen LogP contribution in [-0.4, -0.2) is 26.2 Å². The van der Waals surface area contributed by atoms with Gasteiger partial charge in [-0.1, -0.05) is 12.8 Å². The fourth-order valence-electron chi connectivity index (χ4n) is 3.06. The Bertz CT molecular complexity index is 399. The lowest BCUT2D eigenvalue weighted by atomic mass is 10.1. The molecule has 1 aromatic rings. The molecule has 3 heteroatoms. The first-order valence-corrected chi connectivity index (χ1v) is 6.57. The van der Waals surface area contributed by atoms with Crippen LogP contribution in [0.1, 0.15) is 25.7 Å². The third-order valence-electron chi connectivity index (χ3n) is 3.95. The van der Waals surface area contributed by atoms with E-state index in [0.29, 0.717) is 0 Å². The summed E-state index contributed by atoms with van der Waals surface area (Å²) in [7, 11) is 1.72. The van der Waals surface area contributed by atoms with E-state index in [-0.39, 0.29) is 0 Å². The maximum atomic E-state index is 5.28. The lowest BCUT2D eigenvalue weighted by molar-refractivity contribution is 0.415. The van der Waals surface area contributed by atoms with Crippen molar-refractivity contribution in [1.29, 1.82) is 0 Å². The summed E-state index contributed by atoms with van der Waals surface area (Å²) in [4.78, 5) is 2.58. The van der Waals surface area contributed by atoms with Crippen molar-refractivity contribution in [3.63, 3.8) is 0 Å². The number of rotatable bonds is 2. The highest BCUT2D eigenvalue weighted by atomic mass is 16.5. The predicted molar refractivity (Wildman–Crippen MR) is 71.1 cm³/mol. The molecule has 17 heavy (non-hydrogen) atoms. The van der Waals surface area contributed by atoms with Crippen molar-refractivity contribution in [3.8, 4) is 5.75 Å². The van der Waals surface area contributed by atoms with Crippen LogP contribution < -0.4 is 15.0 Å². The number of hydrogen-bond acceptors (Lipinski definition) is 3. The Labute approximate surface area is 103 Å². The highest BCUT2D eigenvalue weighted by Gasteiger charge is 2.26. The van der Waals surface area contributed by atoms with Crippen LogP contribution in [0.5, 0.6) is 5.75 Å². The fraction of sp³-hybridized carbons (Fsp3) is 0.571. The summed E-state index contributed by atoms with van der Waals surface area (Å²) in [5.74, 6) is 0.935. The number of benzene rings is 1. The van der Waals surface area contributed by atoms with Gasteiger partial charge in [-0.25, -0.2) is 0 Å². The second-order valence-electron chi connectivity index (χ2n) is 4.94. The van der Waals surface area contributed by atoms with Gasteiger partial charge in [0, 0.05) is 25.2 Å². The molecule has 0 saturated heterocycles. The van der Waals surface area contributed by atoms with Crippen LogP contribution in [-0.2, 0) is 0 Å². The molecule has 1 heterocycles. The Morgan fingerprint density at radius 2 is 2.12 bits per heavy atom. The second kappa shape index (κ2) is 4.47. The summed E-state index contributed by atoms with van der Waals surface area (Å²) >= 11 is 0. The maximum Gasteiger partial charge on any atom is 0.121 e. The van der Waals surface area contributed by atoms with Gasteiger partial charge in [0.05, 0.1) is 18.5 Å². The van der Waals surface area contributed by atoms with Crippen molar-refractivity contribution >= 4 is 11.4 Å². The van der Waals surface area contributed by atoms with E-state index >= 15 is 0 Å². The smallest absolute Gasteiger partial charge is 0.121 e.